The molecule has 2 amide bonds. The molecule has 0 saturated heterocycles. The van der Waals surface area contributed by atoms with Crippen molar-refractivity contribution in [3.63, 3.8) is 0 Å². The van der Waals surface area contributed by atoms with E-state index in [1.54, 1.807) is 48.7 Å². The van der Waals surface area contributed by atoms with Crippen molar-refractivity contribution >= 4 is 39.5 Å². The topological polar surface area (TPSA) is 130 Å². The summed E-state index contributed by atoms with van der Waals surface area (Å²) in [5.41, 5.74) is 6.79. The maximum Gasteiger partial charge on any atom is 0.301 e. The summed E-state index contributed by atoms with van der Waals surface area (Å²) in [6.07, 6.45) is 4.44. The van der Waals surface area contributed by atoms with E-state index in [1.807, 2.05) is 12.1 Å². The summed E-state index contributed by atoms with van der Waals surface area (Å²) in [5.74, 6) is 0.421. The number of carbonyl (C=O) groups is 2. The van der Waals surface area contributed by atoms with Crippen molar-refractivity contribution in [1.29, 1.82) is 0 Å². The molecule has 2 aromatic heterocycles. The molecule has 9 nitrogen and oxygen atoms in total. The van der Waals surface area contributed by atoms with Crippen LogP contribution in [0.25, 0.3) is 21.7 Å². The van der Waals surface area contributed by atoms with Crippen LogP contribution in [0.5, 0.6) is 17.2 Å². The lowest BCUT2D eigenvalue weighted by Crippen LogP contribution is -2.12. The fourth-order valence-electron chi connectivity index (χ4n) is 3.70. The molecule has 5 rings (SSSR count). The molecule has 0 unspecified atom stereocenters. The Labute approximate surface area is 193 Å². The van der Waals surface area contributed by atoms with E-state index >= 15 is 0 Å². The lowest BCUT2D eigenvalue weighted by Gasteiger charge is -2.13. The number of rotatable bonds is 6. The second kappa shape index (κ2) is 8.55. The first kappa shape index (κ1) is 21.0. The van der Waals surface area contributed by atoms with E-state index in [4.69, 9.17) is 19.6 Å². The van der Waals surface area contributed by atoms with Crippen LogP contribution in [0, 0.1) is 0 Å². The van der Waals surface area contributed by atoms with Crippen LogP contribution in [0.2, 0.25) is 0 Å². The summed E-state index contributed by atoms with van der Waals surface area (Å²) >= 11 is 0. The Bertz CT molecular complexity index is 1550. The Hall–Kier alpha value is -4.92. The smallest absolute Gasteiger partial charge is 0.301 e. The van der Waals surface area contributed by atoms with Gasteiger partial charge in [-0.1, -0.05) is 12.1 Å². The zero-order chi connectivity index (χ0) is 23.7. The number of anilines is 1. The third-order valence-corrected chi connectivity index (χ3v) is 5.27. The summed E-state index contributed by atoms with van der Waals surface area (Å²) in [6, 6.07) is 15.8. The Morgan fingerprint density at radius 3 is 2.59 bits per heavy atom. The Morgan fingerprint density at radius 2 is 1.82 bits per heavy atom. The van der Waals surface area contributed by atoms with E-state index < -0.39 is 5.91 Å². The largest absolute Gasteiger partial charge is 0.496 e. The number of fused-ring (bicyclic) bond motifs is 2. The molecule has 5 aromatic rings. The predicted octanol–water partition coefficient (Wildman–Crippen LogP) is 4.53. The van der Waals surface area contributed by atoms with Crippen LogP contribution < -0.4 is 20.5 Å². The minimum Gasteiger partial charge on any atom is -0.496 e. The number of primary amides is 1. The second-order valence-corrected chi connectivity index (χ2v) is 7.32. The van der Waals surface area contributed by atoms with Crippen LogP contribution >= 0.6 is 0 Å². The van der Waals surface area contributed by atoms with Gasteiger partial charge in [0.1, 0.15) is 23.5 Å². The van der Waals surface area contributed by atoms with Crippen molar-refractivity contribution in [1.82, 2.24) is 9.97 Å². The van der Waals surface area contributed by atoms with Crippen LogP contribution in [0.15, 0.2) is 77.7 Å². The van der Waals surface area contributed by atoms with Gasteiger partial charge < -0.3 is 19.6 Å². The summed E-state index contributed by atoms with van der Waals surface area (Å²) in [7, 11) is 1.46. The molecule has 0 atom stereocenters. The molecule has 3 N–H and O–H groups in total. The van der Waals surface area contributed by atoms with E-state index in [0.717, 1.165) is 10.8 Å². The van der Waals surface area contributed by atoms with Gasteiger partial charge in [-0.05, 0) is 47.2 Å². The molecule has 0 bridgehead atoms. The third kappa shape index (κ3) is 3.86. The van der Waals surface area contributed by atoms with Gasteiger partial charge in [0, 0.05) is 23.2 Å². The third-order valence-electron chi connectivity index (χ3n) is 5.27. The molecule has 2 heterocycles. The molecule has 0 spiro atoms. The summed E-state index contributed by atoms with van der Waals surface area (Å²) in [6.45, 7) is 0. The average Bonchev–Trinajstić information content (AvgIpc) is 3.35. The van der Waals surface area contributed by atoms with Gasteiger partial charge in [-0.2, -0.15) is 0 Å². The lowest BCUT2D eigenvalue weighted by molar-refractivity contribution is 0.0994. The van der Waals surface area contributed by atoms with Gasteiger partial charge in [0.15, 0.2) is 0 Å². The van der Waals surface area contributed by atoms with E-state index in [9.17, 15) is 9.59 Å². The summed E-state index contributed by atoms with van der Waals surface area (Å²) in [4.78, 5) is 32.8. The molecule has 168 valence electrons. The number of oxazole rings is 1. The van der Waals surface area contributed by atoms with Gasteiger partial charge in [0.05, 0.1) is 24.4 Å². The first-order valence-corrected chi connectivity index (χ1v) is 10.2. The first-order chi connectivity index (χ1) is 16.5. The number of carbonyl (C=O) groups excluding carboxylic acids is 2. The zero-order valence-corrected chi connectivity index (χ0v) is 17.9. The van der Waals surface area contributed by atoms with E-state index in [1.165, 1.54) is 19.6 Å². The number of ether oxygens (including phenoxy) is 2. The Kier molecular flexibility index (Phi) is 5.27. The fourth-order valence-corrected chi connectivity index (χ4v) is 3.70. The normalized spacial score (nSPS) is 10.9. The van der Waals surface area contributed by atoms with Crippen molar-refractivity contribution in [2.24, 2.45) is 5.73 Å². The lowest BCUT2D eigenvalue weighted by atomic mass is 10.0. The highest BCUT2D eigenvalue weighted by atomic mass is 16.5. The first-order valence-electron chi connectivity index (χ1n) is 10.2. The van der Waals surface area contributed by atoms with Gasteiger partial charge in [-0.25, -0.2) is 4.98 Å². The molecular weight excluding hydrogens is 436 g/mol. The summed E-state index contributed by atoms with van der Waals surface area (Å²) in [5, 5.41) is 4.77. The number of benzene rings is 3. The Morgan fingerprint density at radius 1 is 0.941 bits per heavy atom. The maximum absolute atomic E-state index is 12.7. The summed E-state index contributed by atoms with van der Waals surface area (Å²) < 4.78 is 16.5. The number of nitrogens with zero attached hydrogens (tertiary/aromatic N) is 2. The maximum atomic E-state index is 12.7. The quantitative estimate of drug-likeness (QED) is 0.386. The molecule has 34 heavy (non-hydrogen) atoms. The number of hydrogen-bond acceptors (Lipinski definition) is 7. The number of aromatic nitrogens is 2. The van der Waals surface area contributed by atoms with Gasteiger partial charge in [-0.3, -0.25) is 19.9 Å². The van der Waals surface area contributed by atoms with Crippen LogP contribution in [-0.2, 0) is 0 Å². The number of pyridine rings is 1. The predicted molar refractivity (Wildman–Crippen MR) is 125 cm³/mol. The second-order valence-electron chi connectivity index (χ2n) is 7.32. The van der Waals surface area contributed by atoms with E-state index in [-0.39, 0.29) is 17.5 Å². The number of nitrogens with one attached hydrogen (secondary N) is 1. The van der Waals surface area contributed by atoms with Gasteiger partial charge in [0.25, 0.3) is 11.8 Å². The minimum absolute atomic E-state index is 0.124. The number of nitrogens with two attached hydrogens (primary N) is 1. The van der Waals surface area contributed by atoms with Crippen molar-refractivity contribution in [3.05, 3.63) is 84.4 Å². The standard InChI is InChI=1S/C25H18N4O5/c1-32-22-13-20-18(12-19(22)23(26)30)21(7-8-27-20)34-15-5-6-16-14(11-15)3-2-4-17(16)24(31)29-25-28-9-10-33-25/h2-13H,1H3,(H2,26,30)(H,28,29,31). The molecule has 0 fully saturated rings. The molecule has 3 aromatic carbocycles. The van der Waals surface area contributed by atoms with Crippen molar-refractivity contribution in [3.8, 4) is 17.2 Å². The SMILES string of the molecule is COc1cc2nccc(Oc3ccc4c(C(=O)Nc5ncco5)cccc4c3)c2cc1C(N)=O. The van der Waals surface area contributed by atoms with Crippen molar-refractivity contribution < 1.29 is 23.5 Å². The highest BCUT2D eigenvalue weighted by Crippen LogP contribution is 2.34. The molecule has 0 aliphatic rings. The molecule has 0 radical (unpaired) electrons. The van der Waals surface area contributed by atoms with E-state index in [2.05, 4.69) is 15.3 Å². The van der Waals surface area contributed by atoms with Gasteiger partial charge in [0.2, 0.25) is 0 Å². The molecule has 9 heteroatoms. The molecular formula is C25H18N4O5. The Balaban J connectivity index is 1.50. The van der Waals surface area contributed by atoms with Crippen LogP contribution in [0.3, 0.4) is 0 Å². The monoisotopic (exact) mass is 454 g/mol. The minimum atomic E-state index is -0.616. The fraction of sp³-hybridized carbons (Fsp3) is 0.0400. The van der Waals surface area contributed by atoms with Crippen molar-refractivity contribution in [2.75, 3.05) is 12.4 Å². The van der Waals surface area contributed by atoms with Crippen LogP contribution in [0.1, 0.15) is 20.7 Å². The number of hydrogen-bond donors (Lipinski definition) is 2. The highest BCUT2D eigenvalue weighted by Gasteiger charge is 2.16. The van der Waals surface area contributed by atoms with Crippen LogP contribution in [-0.4, -0.2) is 28.9 Å². The highest BCUT2D eigenvalue weighted by molar-refractivity contribution is 6.12. The van der Waals surface area contributed by atoms with E-state index in [0.29, 0.717) is 33.7 Å². The molecule has 0 saturated carbocycles. The van der Waals surface area contributed by atoms with Crippen molar-refractivity contribution in [2.45, 2.75) is 0 Å². The zero-order valence-electron chi connectivity index (χ0n) is 17.9. The average molecular weight is 454 g/mol. The van der Waals surface area contributed by atoms with Gasteiger partial charge >= 0.3 is 6.01 Å². The number of methoxy groups -OCH3 is 1. The number of amides is 2. The van der Waals surface area contributed by atoms with Crippen LogP contribution in [0.4, 0.5) is 6.01 Å². The molecule has 0 aliphatic heterocycles. The molecule has 0 aliphatic carbocycles. The van der Waals surface area contributed by atoms with Gasteiger partial charge in [-0.15, -0.1) is 0 Å².